The van der Waals surface area contributed by atoms with Crippen LogP contribution in [-0.2, 0) is 11.3 Å². The van der Waals surface area contributed by atoms with E-state index in [1.54, 1.807) is 11.3 Å². The van der Waals surface area contributed by atoms with Crippen LogP contribution >= 0.6 is 11.3 Å². The standard InChI is InChI=1S/C20H23FN4O2S/c1-3-24(4-2)18(14-7-8-28-12-14)10-22-19(26)11-25-13-23-17-6-5-15(21)9-16(17)20(25)27/h5-9,12-13,18H,3-4,10-11H2,1-2H3,(H,22,26). The molecule has 1 atom stereocenters. The molecule has 0 aliphatic rings. The van der Waals surface area contributed by atoms with Gasteiger partial charge in [0.05, 0.1) is 23.3 Å². The molecule has 8 heteroatoms. The molecule has 3 rings (SSSR count). The molecule has 1 amide bonds. The number of benzene rings is 1. The molecule has 148 valence electrons. The maximum Gasteiger partial charge on any atom is 0.261 e. The highest BCUT2D eigenvalue weighted by atomic mass is 32.1. The summed E-state index contributed by atoms with van der Waals surface area (Å²) in [6, 6.07) is 5.99. The molecule has 28 heavy (non-hydrogen) atoms. The number of aromatic nitrogens is 2. The van der Waals surface area contributed by atoms with Crippen molar-refractivity contribution in [3.05, 3.63) is 63.1 Å². The SMILES string of the molecule is CCN(CC)C(CNC(=O)Cn1cnc2ccc(F)cc2c1=O)c1ccsc1. The number of carbonyl (C=O) groups excluding carboxylic acids is 1. The molecule has 1 N–H and O–H groups in total. The zero-order valence-electron chi connectivity index (χ0n) is 15.9. The normalized spacial score (nSPS) is 12.4. The molecule has 0 saturated heterocycles. The first-order valence-corrected chi connectivity index (χ1v) is 10.1. The average molecular weight is 402 g/mol. The molecule has 0 saturated carbocycles. The van der Waals surface area contributed by atoms with E-state index in [1.807, 2.05) is 5.38 Å². The van der Waals surface area contributed by atoms with Gasteiger partial charge in [-0.1, -0.05) is 13.8 Å². The molecule has 1 aromatic carbocycles. The summed E-state index contributed by atoms with van der Waals surface area (Å²) in [6.07, 6.45) is 1.32. The highest BCUT2D eigenvalue weighted by molar-refractivity contribution is 7.07. The van der Waals surface area contributed by atoms with Crippen LogP contribution in [-0.4, -0.2) is 40.0 Å². The zero-order valence-corrected chi connectivity index (χ0v) is 16.7. The minimum Gasteiger partial charge on any atom is -0.353 e. The predicted octanol–water partition coefficient (Wildman–Crippen LogP) is 2.80. The number of nitrogens with zero attached hydrogens (tertiary/aromatic N) is 3. The number of likely N-dealkylation sites (N-methyl/N-ethyl adjacent to an activating group) is 1. The van der Waals surface area contributed by atoms with E-state index < -0.39 is 11.4 Å². The lowest BCUT2D eigenvalue weighted by atomic mass is 10.1. The number of thiophene rings is 1. The summed E-state index contributed by atoms with van der Waals surface area (Å²) in [5.74, 6) is -0.793. The van der Waals surface area contributed by atoms with Crippen molar-refractivity contribution in [3.63, 3.8) is 0 Å². The largest absolute Gasteiger partial charge is 0.353 e. The van der Waals surface area contributed by atoms with E-state index in [4.69, 9.17) is 0 Å². The van der Waals surface area contributed by atoms with Gasteiger partial charge in [0.2, 0.25) is 5.91 Å². The molecule has 2 heterocycles. The number of hydrogen-bond acceptors (Lipinski definition) is 5. The third-order valence-corrected chi connectivity index (χ3v) is 5.48. The van der Waals surface area contributed by atoms with Gasteiger partial charge >= 0.3 is 0 Å². The van der Waals surface area contributed by atoms with Crippen LogP contribution in [0, 0.1) is 5.82 Å². The highest BCUT2D eigenvalue weighted by Gasteiger charge is 2.19. The Morgan fingerprint density at radius 1 is 1.32 bits per heavy atom. The summed E-state index contributed by atoms with van der Waals surface area (Å²) in [5.41, 5.74) is 1.13. The van der Waals surface area contributed by atoms with Gasteiger partial charge < -0.3 is 5.32 Å². The smallest absolute Gasteiger partial charge is 0.261 e. The third kappa shape index (κ3) is 4.45. The monoisotopic (exact) mass is 402 g/mol. The second kappa shape index (κ2) is 9.07. The van der Waals surface area contributed by atoms with E-state index >= 15 is 0 Å². The fourth-order valence-electron chi connectivity index (χ4n) is 3.25. The van der Waals surface area contributed by atoms with Gasteiger partial charge in [-0.2, -0.15) is 11.3 Å². The number of hydrogen-bond donors (Lipinski definition) is 1. The van der Waals surface area contributed by atoms with E-state index in [9.17, 15) is 14.0 Å². The van der Waals surface area contributed by atoms with Crippen molar-refractivity contribution in [2.45, 2.75) is 26.4 Å². The van der Waals surface area contributed by atoms with Crippen molar-refractivity contribution in [2.75, 3.05) is 19.6 Å². The van der Waals surface area contributed by atoms with Crippen molar-refractivity contribution >= 4 is 28.1 Å². The molecule has 0 aliphatic carbocycles. The minimum atomic E-state index is -0.508. The van der Waals surface area contributed by atoms with Crippen molar-refractivity contribution in [2.24, 2.45) is 0 Å². The van der Waals surface area contributed by atoms with Crippen LogP contribution in [0.3, 0.4) is 0 Å². The van der Waals surface area contributed by atoms with Gasteiger partial charge in [-0.05, 0) is 53.7 Å². The Morgan fingerprint density at radius 3 is 2.79 bits per heavy atom. The summed E-state index contributed by atoms with van der Waals surface area (Å²) < 4.78 is 14.6. The quantitative estimate of drug-likeness (QED) is 0.629. The van der Waals surface area contributed by atoms with Crippen LogP contribution in [0.4, 0.5) is 4.39 Å². The molecule has 1 unspecified atom stereocenters. The Morgan fingerprint density at radius 2 is 2.11 bits per heavy atom. The molecule has 0 radical (unpaired) electrons. The van der Waals surface area contributed by atoms with E-state index in [1.165, 1.54) is 23.0 Å². The first-order valence-electron chi connectivity index (χ1n) is 9.21. The van der Waals surface area contributed by atoms with Crippen LogP contribution in [0.1, 0.15) is 25.5 Å². The number of nitrogens with one attached hydrogen (secondary N) is 1. The van der Waals surface area contributed by atoms with Gasteiger partial charge in [0, 0.05) is 6.54 Å². The summed E-state index contributed by atoms with van der Waals surface area (Å²) >= 11 is 1.62. The van der Waals surface area contributed by atoms with Crippen molar-refractivity contribution in [3.8, 4) is 0 Å². The number of carbonyl (C=O) groups is 1. The van der Waals surface area contributed by atoms with Gasteiger partial charge in [0.15, 0.2) is 0 Å². The molecule has 0 aliphatic heterocycles. The fourth-order valence-corrected chi connectivity index (χ4v) is 3.96. The second-order valence-electron chi connectivity index (χ2n) is 6.44. The fraction of sp³-hybridized carbons (Fsp3) is 0.350. The average Bonchev–Trinajstić information content (AvgIpc) is 3.22. The number of amides is 1. The summed E-state index contributed by atoms with van der Waals surface area (Å²) in [4.78, 5) is 31.4. The lowest BCUT2D eigenvalue weighted by Gasteiger charge is -2.29. The lowest BCUT2D eigenvalue weighted by Crippen LogP contribution is -2.40. The van der Waals surface area contributed by atoms with Crippen molar-refractivity contribution in [1.82, 2.24) is 19.8 Å². The van der Waals surface area contributed by atoms with Gasteiger partial charge in [0.25, 0.3) is 5.56 Å². The Hall–Kier alpha value is -2.58. The molecule has 2 aromatic heterocycles. The molecule has 3 aromatic rings. The topological polar surface area (TPSA) is 67.2 Å². The molecular weight excluding hydrogens is 379 g/mol. The zero-order chi connectivity index (χ0) is 20.1. The Labute approximate surface area is 166 Å². The number of halogens is 1. The second-order valence-corrected chi connectivity index (χ2v) is 7.22. The minimum absolute atomic E-state index is 0.0748. The summed E-state index contributed by atoms with van der Waals surface area (Å²) in [7, 11) is 0. The van der Waals surface area contributed by atoms with Crippen LogP contribution in [0.5, 0.6) is 0 Å². The van der Waals surface area contributed by atoms with Crippen molar-refractivity contribution < 1.29 is 9.18 Å². The predicted molar refractivity (Wildman–Crippen MR) is 109 cm³/mol. The van der Waals surface area contributed by atoms with Gasteiger partial charge in [-0.3, -0.25) is 19.1 Å². The first kappa shape index (κ1) is 20.2. The van der Waals surface area contributed by atoms with E-state index in [-0.39, 0.29) is 23.9 Å². The van der Waals surface area contributed by atoms with Crippen LogP contribution in [0.15, 0.2) is 46.1 Å². The van der Waals surface area contributed by atoms with Gasteiger partial charge in [-0.25, -0.2) is 9.37 Å². The number of fused-ring (bicyclic) bond motifs is 1. The van der Waals surface area contributed by atoms with E-state index in [0.29, 0.717) is 12.1 Å². The first-order chi connectivity index (χ1) is 13.5. The van der Waals surface area contributed by atoms with Crippen molar-refractivity contribution in [1.29, 1.82) is 0 Å². The molecule has 0 spiro atoms. The summed E-state index contributed by atoms with van der Waals surface area (Å²) in [6.45, 7) is 6.20. The molecule has 0 bridgehead atoms. The maximum absolute atomic E-state index is 13.4. The van der Waals surface area contributed by atoms with E-state index in [2.05, 4.69) is 40.5 Å². The highest BCUT2D eigenvalue weighted by Crippen LogP contribution is 2.22. The van der Waals surface area contributed by atoms with Crippen LogP contribution in [0.2, 0.25) is 0 Å². The maximum atomic E-state index is 13.4. The van der Waals surface area contributed by atoms with Gasteiger partial charge in [0.1, 0.15) is 12.4 Å². The Kier molecular flexibility index (Phi) is 6.53. The van der Waals surface area contributed by atoms with Gasteiger partial charge in [-0.15, -0.1) is 0 Å². The van der Waals surface area contributed by atoms with Crippen LogP contribution < -0.4 is 10.9 Å². The lowest BCUT2D eigenvalue weighted by molar-refractivity contribution is -0.122. The summed E-state index contributed by atoms with van der Waals surface area (Å²) in [5, 5.41) is 7.19. The Bertz CT molecular complexity index is 999. The van der Waals surface area contributed by atoms with E-state index in [0.717, 1.165) is 24.7 Å². The molecular formula is C20H23FN4O2S. The third-order valence-electron chi connectivity index (χ3n) is 4.77. The van der Waals surface area contributed by atoms with Crippen LogP contribution in [0.25, 0.3) is 10.9 Å². The Balaban J connectivity index is 1.72. The molecule has 0 fully saturated rings. The molecule has 6 nitrogen and oxygen atoms in total. The number of rotatable bonds is 8.